The Balaban J connectivity index is 1.65. The average Bonchev–Trinajstić information content (AvgIpc) is 3.27. The average molecular weight is 535 g/mol. The highest BCUT2D eigenvalue weighted by Crippen LogP contribution is 2.31. The number of aliphatic hydroxyl groups is 4. The predicted molar refractivity (Wildman–Crippen MR) is 141 cm³/mol. The van der Waals surface area contributed by atoms with E-state index in [9.17, 15) is 25.2 Å². The first kappa shape index (κ1) is 30.0. The zero-order valence-electron chi connectivity index (χ0n) is 22.6. The van der Waals surface area contributed by atoms with Crippen LogP contribution in [0.5, 0.6) is 5.88 Å². The number of nitrogens with one attached hydrogen (secondary N) is 2. The fourth-order valence-electron chi connectivity index (χ4n) is 4.35. The molecule has 1 aliphatic rings. The number of nitrogens with two attached hydrogens (primary N) is 1. The predicted octanol–water partition coefficient (Wildman–Crippen LogP) is 0.479. The molecule has 212 valence electrons. The van der Waals surface area contributed by atoms with Gasteiger partial charge in [-0.2, -0.15) is 0 Å². The minimum atomic E-state index is -1.54. The number of hydrogen-bond acceptors (Lipinski definition) is 9. The highest BCUT2D eigenvalue weighted by Gasteiger charge is 2.45. The molecule has 11 nitrogen and oxygen atoms in total. The Hall–Kier alpha value is -2.54. The molecule has 0 spiro atoms. The van der Waals surface area contributed by atoms with E-state index < -0.39 is 42.9 Å². The summed E-state index contributed by atoms with van der Waals surface area (Å²) in [5, 5.41) is 50.2. The third-order valence-electron chi connectivity index (χ3n) is 6.78. The number of carbonyl (C=O) groups is 1. The molecule has 2 aromatic rings. The van der Waals surface area contributed by atoms with Crippen LogP contribution in [0.25, 0.3) is 0 Å². The zero-order valence-corrected chi connectivity index (χ0v) is 22.6. The van der Waals surface area contributed by atoms with Crippen LogP contribution >= 0.6 is 0 Å². The molecule has 1 aliphatic heterocycles. The number of aromatic amines is 1. The van der Waals surface area contributed by atoms with Gasteiger partial charge in [0.1, 0.15) is 24.4 Å². The molecule has 1 aromatic heterocycles. The normalized spacial score (nSPS) is 24.0. The maximum atomic E-state index is 12.1. The molecular formula is C27H42N4O7. The molecule has 1 fully saturated rings. The largest absolute Gasteiger partial charge is 0.443 e. The van der Waals surface area contributed by atoms with Gasteiger partial charge in [0.25, 0.3) is 0 Å². The van der Waals surface area contributed by atoms with Gasteiger partial charge in [-0.3, -0.25) is 9.89 Å². The van der Waals surface area contributed by atoms with E-state index in [0.717, 1.165) is 35.2 Å². The van der Waals surface area contributed by atoms with Crippen LogP contribution in [0.1, 0.15) is 68.8 Å². The molecule has 0 bridgehead atoms. The first-order valence-corrected chi connectivity index (χ1v) is 13.1. The highest BCUT2D eigenvalue weighted by molar-refractivity contribution is 5.76. The van der Waals surface area contributed by atoms with Crippen LogP contribution in [-0.4, -0.2) is 85.9 Å². The molecule has 11 heteroatoms. The first-order valence-electron chi connectivity index (χ1n) is 13.1. The van der Waals surface area contributed by atoms with E-state index in [1.54, 1.807) is 0 Å². The quantitative estimate of drug-likeness (QED) is 0.204. The van der Waals surface area contributed by atoms with E-state index in [2.05, 4.69) is 15.5 Å². The summed E-state index contributed by atoms with van der Waals surface area (Å²) in [6.07, 6.45) is -4.51. The first-order chi connectivity index (χ1) is 18.0. The van der Waals surface area contributed by atoms with Crippen molar-refractivity contribution >= 4 is 5.91 Å². The van der Waals surface area contributed by atoms with Crippen molar-refractivity contribution in [3.05, 3.63) is 46.6 Å². The highest BCUT2D eigenvalue weighted by atomic mass is 16.7. The molecule has 0 aliphatic carbocycles. The van der Waals surface area contributed by atoms with Gasteiger partial charge in [0.2, 0.25) is 18.1 Å². The monoisotopic (exact) mass is 534 g/mol. The van der Waals surface area contributed by atoms with Gasteiger partial charge in [-0.05, 0) is 43.7 Å². The Kier molecular flexibility index (Phi) is 10.3. The van der Waals surface area contributed by atoms with Crippen LogP contribution in [0.4, 0.5) is 0 Å². The van der Waals surface area contributed by atoms with Crippen molar-refractivity contribution < 1.29 is 34.7 Å². The third kappa shape index (κ3) is 7.52. The second kappa shape index (κ2) is 13.0. The lowest BCUT2D eigenvalue weighted by molar-refractivity contribution is -0.278. The van der Waals surface area contributed by atoms with Gasteiger partial charge >= 0.3 is 0 Å². The summed E-state index contributed by atoms with van der Waals surface area (Å²) in [4.78, 5) is 12.1. The zero-order chi connectivity index (χ0) is 28.0. The third-order valence-corrected chi connectivity index (χ3v) is 6.78. The summed E-state index contributed by atoms with van der Waals surface area (Å²) in [5.41, 5.74) is 9.04. The lowest BCUT2D eigenvalue weighted by Gasteiger charge is -2.39. The van der Waals surface area contributed by atoms with Crippen molar-refractivity contribution in [1.82, 2.24) is 15.5 Å². The number of aliphatic hydroxyl groups excluding tert-OH is 4. The van der Waals surface area contributed by atoms with Gasteiger partial charge in [0, 0.05) is 36.2 Å². The molecule has 0 radical (unpaired) electrons. The maximum absolute atomic E-state index is 12.1. The molecule has 1 aromatic carbocycles. The molecule has 2 heterocycles. The molecule has 38 heavy (non-hydrogen) atoms. The van der Waals surface area contributed by atoms with Crippen molar-refractivity contribution in [1.29, 1.82) is 0 Å². The summed E-state index contributed by atoms with van der Waals surface area (Å²) in [6.45, 7) is 7.66. The van der Waals surface area contributed by atoms with Crippen LogP contribution in [0.2, 0.25) is 0 Å². The molecule has 0 saturated carbocycles. The lowest BCUT2D eigenvalue weighted by atomic mass is 9.97. The second-order valence-electron chi connectivity index (χ2n) is 10.9. The lowest BCUT2D eigenvalue weighted by Crippen LogP contribution is -2.60. The van der Waals surface area contributed by atoms with Crippen LogP contribution in [0.3, 0.4) is 0 Å². The Bertz CT molecular complexity index is 1040. The van der Waals surface area contributed by atoms with Gasteiger partial charge < -0.3 is 41.0 Å². The number of nitrogens with zero attached hydrogens (tertiary/aromatic N) is 1. The van der Waals surface area contributed by atoms with Gasteiger partial charge in [-0.1, -0.05) is 38.1 Å². The van der Waals surface area contributed by atoms with E-state index in [1.807, 2.05) is 52.0 Å². The summed E-state index contributed by atoms with van der Waals surface area (Å²) in [6, 6.07) is 8.10. The fourth-order valence-corrected chi connectivity index (χ4v) is 4.35. The van der Waals surface area contributed by atoms with Gasteiger partial charge in [0.05, 0.1) is 6.61 Å². The number of hydrogen-bond donors (Lipinski definition) is 7. The minimum Gasteiger partial charge on any atom is -0.443 e. The number of aryl methyl sites for hydroxylation is 1. The Morgan fingerprint density at radius 1 is 1.16 bits per heavy atom. The number of carbonyl (C=O) groups excluding carboxylic acids is 1. The minimum absolute atomic E-state index is 0.00910. The Morgan fingerprint density at radius 2 is 1.82 bits per heavy atom. The van der Waals surface area contributed by atoms with Gasteiger partial charge in [0.15, 0.2) is 0 Å². The van der Waals surface area contributed by atoms with Crippen molar-refractivity contribution in [3.8, 4) is 5.88 Å². The van der Waals surface area contributed by atoms with Crippen molar-refractivity contribution in [2.45, 2.75) is 95.5 Å². The van der Waals surface area contributed by atoms with E-state index in [0.29, 0.717) is 19.4 Å². The summed E-state index contributed by atoms with van der Waals surface area (Å²) in [5.74, 6) is 0.318. The number of amides is 1. The van der Waals surface area contributed by atoms with Crippen molar-refractivity contribution in [3.63, 3.8) is 0 Å². The standard InChI is InChI=1S/C27H42N4O7/c1-15(2)21-18(25(31-30-21)38-26-24(36)23(35)22(34)19(13-32)37-26)12-17-10-8-16(9-11-17)6-5-7-20(33)29-27(3,4)14-28/h8-11,15,19,22-24,26,32,34-36H,5-7,12-14,28H2,1-4H3,(H,29,33)(H,30,31)/t19-,22+,23+,24-,26?/m1/s1. The second-order valence-corrected chi connectivity index (χ2v) is 10.9. The summed E-state index contributed by atoms with van der Waals surface area (Å²) in [7, 11) is 0. The number of ether oxygens (including phenoxy) is 2. The number of aromatic nitrogens is 2. The van der Waals surface area contributed by atoms with Crippen molar-refractivity contribution in [2.75, 3.05) is 13.2 Å². The summed E-state index contributed by atoms with van der Waals surface area (Å²) >= 11 is 0. The number of H-pyrrole nitrogens is 1. The van der Waals surface area contributed by atoms with E-state index in [1.165, 1.54) is 0 Å². The molecule has 8 N–H and O–H groups in total. The van der Waals surface area contributed by atoms with Crippen LogP contribution in [-0.2, 0) is 22.4 Å². The summed E-state index contributed by atoms with van der Waals surface area (Å²) < 4.78 is 11.3. The van der Waals surface area contributed by atoms with Crippen LogP contribution < -0.4 is 15.8 Å². The molecule has 1 saturated heterocycles. The van der Waals surface area contributed by atoms with E-state index in [4.69, 9.17) is 15.2 Å². The molecule has 1 unspecified atom stereocenters. The Morgan fingerprint density at radius 3 is 2.42 bits per heavy atom. The Labute approximate surface area is 223 Å². The number of benzene rings is 1. The van der Waals surface area contributed by atoms with Crippen LogP contribution in [0, 0.1) is 0 Å². The molecular weight excluding hydrogens is 492 g/mol. The smallest absolute Gasteiger partial charge is 0.238 e. The van der Waals surface area contributed by atoms with Crippen molar-refractivity contribution in [2.24, 2.45) is 5.73 Å². The van der Waals surface area contributed by atoms with Gasteiger partial charge in [-0.15, -0.1) is 5.10 Å². The molecule has 5 atom stereocenters. The van der Waals surface area contributed by atoms with E-state index >= 15 is 0 Å². The molecule has 1 amide bonds. The van der Waals surface area contributed by atoms with Crippen LogP contribution in [0.15, 0.2) is 24.3 Å². The number of rotatable bonds is 12. The molecule has 3 rings (SSSR count). The van der Waals surface area contributed by atoms with E-state index in [-0.39, 0.29) is 17.7 Å². The van der Waals surface area contributed by atoms with Gasteiger partial charge in [-0.25, -0.2) is 0 Å². The maximum Gasteiger partial charge on any atom is 0.238 e. The topological polar surface area (TPSA) is 183 Å². The SMILES string of the molecule is CC(C)c1[nH]nc(OC2O[C@H](CO)[C@H](O)[C@H](O)[C@H]2O)c1Cc1ccc(CCCC(=O)NC(C)(C)CN)cc1. The fraction of sp³-hybridized carbons (Fsp3) is 0.630.